The van der Waals surface area contributed by atoms with Crippen LogP contribution in [0.25, 0.3) is 0 Å². The van der Waals surface area contributed by atoms with E-state index in [1.807, 2.05) is 0 Å². The monoisotopic (exact) mass is 283 g/mol. The number of amides is 1. The van der Waals surface area contributed by atoms with Crippen LogP contribution in [0.2, 0.25) is 0 Å². The second kappa shape index (κ2) is 6.67. The second-order valence-corrected chi connectivity index (χ2v) is 4.64. The summed E-state index contributed by atoms with van der Waals surface area (Å²) in [6.07, 6.45) is 0.0947. The van der Waals surface area contributed by atoms with Crippen LogP contribution >= 0.6 is 0 Å². The summed E-state index contributed by atoms with van der Waals surface area (Å²) < 4.78 is 23.6. The number of rotatable bonds is 4. The average Bonchev–Trinajstić information content (AvgIpc) is 2.47. The van der Waals surface area contributed by atoms with Gasteiger partial charge in [0.25, 0.3) is 0 Å². The Kier molecular flexibility index (Phi) is 4.92. The first-order chi connectivity index (χ1) is 9.65. The minimum absolute atomic E-state index is 0.0947. The summed E-state index contributed by atoms with van der Waals surface area (Å²) in [5.41, 5.74) is 0.580. The number of carbonyl (C=O) groups is 1. The molecule has 1 unspecified atom stereocenters. The fourth-order valence-corrected chi connectivity index (χ4v) is 2.23. The molecule has 0 saturated carbocycles. The summed E-state index contributed by atoms with van der Waals surface area (Å²) >= 11 is 0. The van der Waals surface area contributed by atoms with Crippen molar-refractivity contribution < 1.29 is 23.8 Å². The molecule has 0 radical (unpaired) electrons. The lowest BCUT2D eigenvalue weighted by Gasteiger charge is -2.34. The maximum Gasteiger partial charge on any atom is 0.227 e. The Morgan fingerprint density at radius 1 is 1.60 bits per heavy atom. The van der Waals surface area contributed by atoms with Crippen LogP contribution in [-0.2, 0) is 16.0 Å². The van der Waals surface area contributed by atoms with E-state index in [9.17, 15) is 14.3 Å². The van der Waals surface area contributed by atoms with Gasteiger partial charge in [-0.2, -0.15) is 0 Å². The molecule has 1 amide bonds. The van der Waals surface area contributed by atoms with Crippen molar-refractivity contribution in [2.24, 2.45) is 0 Å². The highest BCUT2D eigenvalue weighted by Crippen LogP contribution is 2.19. The zero-order valence-electron chi connectivity index (χ0n) is 11.3. The number of carbonyl (C=O) groups excluding carboxylic acids is 1. The number of aliphatic hydroxyl groups excluding tert-OH is 1. The number of morpholine rings is 1. The van der Waals surface area contributed by atoms with E-state index in [-0.39, 0.29) is 30.7 Å². The van der Waals surface area contributed by atoms with Gasteiger partial charge in [0.05, 0.1) is 39.4 Å². The minimum atomic E-state index is -0.488. The van der Waals surface area contributed by atoms with Gasteiger partial charge in [-0.1, -0.05) is 6.07 Å². The van der Waals surface area contributed by atoms with E-state index >= 15 is 0 Å². The second-order valence-electron chi connectivity index (χ2n) is 4.64. The van der Waals surface area contributed by atoms with Crippen LogP contribution in [0.1, 0.15) is 5.56 Å². The Morgan fingerprint density at radius 2 is 2.40 bits per heavy atom. The highest BCUT2D eigenvalue weighted by Gasteiger charge is 2.26. The van der Waals surface area contributed by atoms with Gasteiger partial charge < -0.3 is 19.5 Å². The minimum Gasteiger partial charge on any atom is -0.494 e. The summed E-state index contributed by atoms with van der Waals surface area (Å²) in [6, 6.07) is 4.14. The van der Waals surface area contributed by atoms with E-state index in [0.717, 1.165) is 0 Å². The lowest BCUT2D eigenvalue weighted by Crippen LogP contribution is -2.51. The van der Waals surface area contributed by atoms with Crippen LogP contribution in [0.4, 0.5) is 4.39 Å². The van der Waals surface area contributed by atoms with Crippen molar-refractivity contribution in [2.45, 2.75) is 12.5 Å². The first-order valence-corrected chi connectivity index (χ1v) is 6.46. The molecule has 1 aromatic rings. The number of hydrogen-bond donors (Lipinski definition) is 1. The Hall–Kier alpha value is -1.66. The molecule has 1 aliphatic heterocycles. The molecular weight excluding hydrogens is 265 g/mol. The molecule has 1 heterocycles. The fourth-order valence-electron chi connectivity index (χ4n) is 2.23. The summed E-state index contributed by atoms with van der Waals surface area (Å²) in [7, 11) is 1.39. The molecule has 1 fully saturated rings. The smallest absolute Gasteiger partial charge is 0.227 e. The lowest BCUT2D eigenvalue weighted by molar-refractivity contribution is -0.140. The normalized spacial score (nSPS) is 18.9. The van der Waals surface area contributed by atoms with Crippen LogP contribution in [0, 0.1) is 5.82 Å². The lowest BCUT2D eigenvalue weighted by atomic mass is 10.1. The highest BCUT2D eigenvalue weighted by molar-refractivity contribution is 5.79. The predicted molar refractivity (Wildman–Crippen MR) is 70.1 cm³/mol. The first kappa shape index (κ1) is 14.7. The van der Waals surface area contributed by atoms with Crippen molar-refractivity contribution in [3.8, 4) is 5.75 Å². The Labute approximate surface area is 116 Å². The number of hydrogen-bond acceptors (Lipinski definition) is 4. The highest BCUT2D eigenvalue weighted by atomic mass is 19.1. The third kappa shape index (κ3) is 3.26. The van der Waals surface area contributed by atoms with Crippen molar-refractivity contribution in [3.05, 3.63) is 29.6 Å². The standard InChI is InChI=1S/C14H18FNO4/c1-19-13-3-2-10(6-12(13)15)7-14(18)16-4-5-20-9-11(16)8-17/h2-3,6,11,17H,4-5,7-9H2,1H3. The van der Waals surface area contributed by atoms with E-state index in [0.29, 0.717) is 25.3 Å². The van der Waals surface area contributed by atoms with Crippen molar-refractivity contribution in [1.82, 2.24) is 4.90 Å². The molecule has 1 aliphatic rings. The number of methoxy groups -OCH3 is 1. The van der Waals surface area contributed by atoms with Crippen LogP contribution in [0.3, 0.4) is 0 Å². The van der Waals surface area contributed by atoms with Gasteiger partial charge in [-0.15, -0.1) is 0 Å². The third-order valence-electron chi connectivity index (χ3n) is 3.33. The Balaban J connectivity index is 2.05. The number of aliphatic hydroxyl groups is 1. The van der Waals surface area contributed by atoms with E-state index in [1.54, 1.807) is 11.0 Å². The van der Waals surface area contributed by atoms with Crippen LogP contribution < -0.4 is 4.74 Å². The largest absolute Gasteiger partial charge is 0.494 e. The maximum atomic E-state index is 13.6. The molecule has 0 bridgehead atoms. The van der Waals surface area contributed by atoms with Gasteiger partial charge in [-0.05, 0) is 17.7 Å². The number of ether oxygens (including phenoxy) is 2. The molecule has 1 aromatic carbocycles. The quantitative estimate of drug-likeness (QED) is 0.879. The molecule has 0 aliphatic carbocycles. The molecule has 5 nitrogen and oxygen atoms in total. The molecular formula is C14H18FNO4. The van der Waals surface area contributed by atoms with Gasteiger partial charge in [0.1, 0.15) is 0 Å². The Morgan fingerprint density at radius 3 is 3.05 bits per heavy atom. The predicted octanol–water partition coefficient (Wildman–Crippen LogP) is 0.597. The number of benzene rings is 1. The molecule has 2 rings (SSSR count). The molecule has 20 heavy (non-hydrogen) atoms. The third-order valence-corrected chi connectivity index (χ3v) is 3.33. The van der Waals surface area contributed by atoms with Crippen LogP contribution in [-0.4, -0.2) is 55.4 Å². The summed E-state index contributed by atoms with van der Waals surface area (Å²) in [6.45, 7) is 1.10. The maximum absolute atomic E-state index is 13.6. The van der Waals surface area contributed by atoms with E-state index in [4.69, 9.17) is 9.47 Å². The van der Waals surface area contributed by atoms with E-state index in [1.165, 1.54) is 19.2 Å². The van der Waals surface area contributed by atoms with Crippen LogP contribution in [0.15, 0.2) is 18.2 Å². The first-order valence-electron chi connectivity index (χ1n) is 6.46. The number of halogens is 1. The van der Waals surface area contributed by atoms with Gasteiger partial charge in [-0.3, -0.25) is 4.79 Å². The molecule has 6 heteroatoms. The van der Waals surface area contributed by atoms with Crippen LogP contribution in [0.5, 0.6) is 5.75 Å². The molecule has 110 valence electrons. The summed E-state index contributed by atoms with van der Waals surface area (Å²) in [4.78, 5) is 13.8. The molecule has 1 N–H and O–H groups in total. The van der Waals surface area contributed by atoms with Gasteiger partial charge in [0, 0.05) is 6.54 Å². The van der Waals surface area contributed by atoms with Gasteiger partial charge >= 0.3 is 0 Å². The summed E-state index contributed by atoms with van der Waals surface area (Å²) in [5, 5.41) is 9.24. The van der Waals surface area contributed by atoms with Crippen molar-refractivity contribution >= 4 is 5.91 Å². The van der Waals surface area contributed by atoms with Crippen molar-refractivity contribution in [2.75, 3.05) is 33.5 Å². The topological polar surface area (TPSA) is 59.0 Å². The summed E-state index contributed by atoms with van der Waals surface area (Å²) in [5.74, 6) is -0.476. The van der Waals surface area contributed by atoms with E-state index in [2.05, 4.69) is 0 Å². The zero-order chi connectivity index (χ0) is 14.5. The SMILES string of the molecule is COc1ccc(CC(=O)N2CCOCC2CO)cc1F. The molecule has 0 spiro atoms. The fraction of sp³-hybridized carbons (Fsp3) is 0.500. The molecule has 1 saturated heterocycles. The van der Waals surface area contributed by atoms with E-state index < -0.39 is 5.82 Å². The Bertz CT molecular complexity index is 480. The molecule has 1 atom stereocenters. The number of nitrogens with zero attached hydrogens (tertiary/aromatic N) is 1. The zero-order valence-corrected chi connectivity index (χ0v) is 11.3. The van der Waals surface area contributed by atoms with Crippen molar-refractivity contribution in [3.63, 3.8) is 0 Å². The molecule has 0 aromatic heterocycles. The van der Waals surface area contributed by atoms with Gasteiger partial charge in [0.2, 0.25) is 5.91 Å². The van der Waals surface area contributed by atoms with Gasteiger partial charge in [-0.25, -0.2) is 4.39 Å². The average molecular weight is 283 g/mol. The van der Waals surface area contributed by atoms with Gasteiger partial charge in [0.15, 0.2) is 11.6 Å². The van der Waals surface area contributed by atoms with Crippen molar-refractivity contribution in [1.29, 1.82) is 0 Å².